The topological polar surface area (TPSA) is 70.2 Å². The van der Waals surface area contributed by atoms with Gasteiger partial charge in [0, 0.05) is 29.5 Å². The lowest BCUT2D eigenvalue weighted by molar-refractivity contribution is -0.385. The van der Waals surface area contributed by atoms with Gasteiger partial charge in [-0.25, -0.2) is 4.98 Å². The lowest BCUT2D eigenvalue weighted by atomic mass is 10.3. The van der Waals surface area contributed by atoms with Crippen LogP contribution >= 0.6 is 11.6 Å². The van der Waals surface area contributed by atoms with E-state index in [1.807, 2.05) is 17.7 Å². The Hall–Kier alpha value is -2.08. The van der Waals surface area contributed by atoms with Gasteiger partial charge < -0.3 is 9.30 Å². The van der Waals surface area contributed by atoms with Crippen molar-refractivity contribution < 1.29 is 9.66 Å². The first-order valence-electron chi connectivity index (χ1n) is 5.62. The number of aryl methyl sites for hydroxylation is 1. The van der Waals surface area contributed by atoms with E-state index < -0.39 is 4.92 Å². The summed E-state index contributed by atoms with van der Waals surface area (Å²) in [7, 11) is 0. The molecule has 0 bridgehead atoms. The Kier molecular flexibility index (Phi) is 4.01. The number of benzene rings is 1. The van der Waals surface area contributed by atoms with Crippen molar-refractivity contribution in [2.24, 2.45) is 0 Å². The van der Waals surface area contributed by atoms with Gasteiger partial charge in [0.2, 0.25) is 0 Å². The molecule has 0 saturated heterocycles. The van der Waals surface area contributed by atoms with Crippen LogP contribution in [0, 0.1) is 17.0 Å². The molecular weight excluding hydrogens is 270 g/mol. The Balaban J connectivity index is 2.05. The van der Waals surface area contributed by atoms with Gasteiger partial charge in [-0.15, -0.1) is 0 Å². The molecule has 0 aliphatic rings. The highest BCUT2D eigenvalue weighted by Crippen LogP contribution is 2.29. The second-order valence-electron chi connectivity index (χ2n) is 3.89. The van der Waals surface area contributed by atoms with Crippen LogP contribution < -0.4 is 4.74 Å². The van der Waals surface area contributed by atoms with E-state index in [1.165, 1.54) is 18.2 Å². The molecule has 2 rings (SSSR count). The summed E-state index contributed by atoms with van der Waals surface area (Å²) in [6.45, 7) is 2.75. The van der Waals surface area contributed by atoms with Gasteiger partial charge in [-0.2, -0.15) is 0 Å². The fraction of sp³-hybridized carbons (Fsp3) is 0.250. The van der Waals surface area contributed by atoms with Gasteiger partial charge in [0.05, 0.1) is 11.5 Å². The van der Waals surface area contributed by atoms with Crippen LogP contribution in [0.15, 0.2) is 30.6 Å². The smallest absolute Gasteiger partial charge is 0.311 e. The van der Waals surface area contributed by atoms with Gasteiger partial charge in [-0.3, -0.25) is 10.1 Å². The minimum Gasteiger partial charge on any atom is -0.485 e. The van der Waals surface area contributed by atoms with Crippen LogP contribution in [-0.2, 0) is 6.54 Å². The highest BCUT2D eigenvalue weighted by Gasteiger charge is 2.15. The van der Waals surface area contributed by atoms with E-state index in [-0.39, 0.29) is 11.4 Å². The summed E-state index contributed by atoms with van der Waals surface area (Å²) in [4.78, 5) is 14.4. The molecule has 1 heterocycles. The number of rotatable bonds is 5. The zero-order valence-corrected chi connectivity index (χ0v) is 11.0. The summed E-state index contributed by atoms with van der Waals surface area (Å²) >= 11 is 5.81. The zero-order chi connectivity index (χ0) is 13.8. The van der Waals surface area contributed by atoms with Crippen LogP contribution in [-0.4, -0.2) is 21.1 Å². The highest BCUT2D eigenvalue weighted by atomic mass is 35.5. The van der Waals surface area contributed by atoms with E-state index in [0.29, 0.717) is 18.2 Å². The van der Waals surface area contributed by atoms with Crippen molar-refractivity contribution in [3.8, 4) is 5.75 Å². The molecule has 100 valence electrons. The first kappa shape index (κ1) is 13.4. The summed E-state index contributed by atoms with van der Waals surface area (Å²) in [5, 5.41) is 11.2. The fourth-order valence-electron chi connectivity index (χ4n) is 1.65. The molecule has 0 N–H and O–H groups in total. The molecule has 0 spiro atoms. The number of aromatic nitrogens is 2. The van der Waals surface area contributed by atoms with E-state index in [4.69, 9.17) is 16.3 Å². The number of hydrogen-bond acceptors (Lipinski definition) is 4. The number of nitro benzene ring substituents is 1. The van der Waals surface area contributed by atoms with Crippen LogP contribution in [0.3, 0.4) is 0 Å². The molecule has 0 fully saturated rings. The standard InChI is InChI=1S/C12H12ClN3O3/c1-9-14-4-5-15(9)6-7-19-12-8-10(13)2-3-11(12)16(17)18/h2-5,8H,6-7H2,1H3. The largest absolute Gasteiger partial charge is 0.485 e. The quantitative estimate of drug-likeness (QED) is 0.624. The second-order valence-corrected chi connectivity index (χ2v) is 4.32. The van der Waals surface area contributed by atoms with Gasteiger partial charge in [-0.05, 0) is 13.0 Å². The van der Waals surface area contributed by atoms with Crippen molar-refractivity contribution >= 4 is 17.3 Å². The first-order valence-corrected chi connectivity index (χ1v) is 6.00. The zero-order valence-electron chi connectivity index (χ0n) is 10.2. The van der Waals surface area contributed by atoms with E-state index in [1.54, 1.807) is 6.20 Å². The predicted octanol–water partition coefficient (Wildman–Crippen LogP) is 2.83. The van der Waals surface area contributed by atoms with E-state index >= 15 is 0 Å². The third kappa shape index (κ3) is 3.23. The summed E-state index contributed by atoms with van der Waals surface area (Å²) in [5.41, 5.74) is -0.0910. The number of ether oxygens (including phenoxy) is 1. The molecule has 2 aromatic rings. The van der Waals surface area contributed by atoms with Crippen LogP contribution in [0.25, 0.3) is 0 Å². The van der Waals surface area contributed by atoms with Gasteiger partial charge in [0.1, 0.15) is 12.4 Å². The van der Waals surface area contributed by atoms with Crippen molar-refractivity contribution in [1.29, 1.82) is 0 Å². The Morgan fingerprint density at radius 1 is 1.53 bits per heavy atom. The number of halogens is 1. The number of imidazole rings is 1. The van der Waals surface area contributed by atoms with E-state index in [2.05, 4.69) is 4.98 Å². The maximum absolute atomic E-state index is 10.8. The number of hydrogen-bond donors (Lipinski definition) is 0. The molecule has 6 nitrogen and oxygen atoms in total. The molecule has 0 saturated carbocycles. The van der Waals surface area contributed by atoms with Gasteiger partial charge >= 0.3 is 5.69 Å². The van der Waals surface area contributed by atoms with Gasteiger partial charge in [0.25, 0.3) is 0 Å². The second kappa shape index (κ2) is 5.71. The minimum absolute atomic E-state index is 0.0910. The fourth-order valence-corrected chi connectivity index (χ4v) is 1.81. The van der Waals surface area contributed by atoms with Gasteiger partial charge in [0.15, 0.2) is 5.75 Å². The molecule has 1 aromatic heterocycles. The SMILES string of the molecule is Cc1nccn1CCOc1cc(Cl)ccc1[N+](=O)[O-]. The molecule has 0 radical (unpaired) electrons. The summed E-state index contributed by atoms with van der Waals surface area (Å²) in [6.07, 6.45) is 3.52. The Morgan fingerprint density at radius 3 is 2.95 bits per heavy atom. The van der Waals surface area contributed by atoms with E-state index in [0.717, 1.165) is 5.82 Å². The molecule has 0 aliphatic carbocycles. The molecule has 0 aliphatic heterocycles. The molecule has 7 heteroatoms. The molecular formula is C12H12ClN3O3. The maximum atomic E-state index is 10.8. The summed E-state index contributed by atoms with van der Waals surface area (Å²) in [5.74, 6) is 1.04. The lowest BCUT2D eigenvalue weighted by Crippen LogP contribution is -2.09. The van der Waals surface area contributed by atoms with E-state index in [9.17, 15) is 10.1 Å². The lowest BCUT2D eigenvalue weighted by Gasteiger charge is -2.08. The Labute approximate surface area is 114 Å². The van der Waals surface area contributed by atoms with Crippen molar-refractivity contribution in [2.75, 3.05) is 6.61 Å². The van der Waals surface area contributed by atoms with Crippen molar-refractivity contribution in [2.45, 2.75) is 13.5 Å². The summed E-state index contributed by atoms with van der Waals surface area (Å²) in [6, 6.07) is 4.24. The normalized spacial score (nSPS) is 10.4. The molecule has 19 heavy (non-hydrogen) atoms. The third-order valence-corrected chi connectivity index (χ3v) is 2.87. The molecule has 0 unspecified atom stereocenters. The minimum atomic E-state index is -0.492. The molecule has 0 atom stereocenters. The van der Waals surface area contributed by atoms with Crippen LogP contribution in [0.4, 0.5) is 5.69 Å². The van der Waals surface area contributed by atoms with Crippen LogP contribution in [0.2, 0.25) is 5.02 Å². The number of nitro groups is 1. The monoisotopic (exact) mass is 281 g/mol. The van der Waals surface area contributed by atoms with Crippen molar-refractivity contribution in [3.63, 3.8) is 0 Å². The Morgan fingerprint density at radius 2 is 2.32 bits per heavy atom. The Bertz CT molecular complexity index is 598. The third-order valence-electron chi connectivity index (χ3n) is 2.63. The summed E-state index contributed by atoms with van der Waals surface area (Å²) < 4.78 is 7.33. The number of nitrogens with zero attached hydrogens (tertiary/aromatic N) is 3. The van der Waals surface area contributed by atoms with Gasteiger partial charge in [-0.1, -0.05) is 11.6 Å². The van der Waals surface area contributed by atoms with Crippen molar-refractivity contribution in [1.82, 2.24) is 9.55 Å². The molecule has 1 aromatic carbocycles. The van der Waals surface area contributed by atoms with Crippen LogP contribution in [0.5, 0.6) is 5.75 Å². The van der Waals surface area contributed by atoms with Crippen LogP contribution in [0.1, 0.15) is 5.82 Å². The average molecular weight is 282 g/mol. The highest BCUT2D eigenvalue weighted by molar-refractivity contribution is 6.30. The molecule has 0 amide bonds. The first-order chi connectivity index (χ1) is 9.08. The maximum Gasteiger partial charge on any atom is 0.311 e. The average Bonchev–Trinajstić information content (AvgIpc) is 2.75. The predicted molar refractivity (Wildman–Crippen MR) is 70.6 cm³/mol. The van der Waals surface area contributed by atoms with Crippen molar-refractivity contribution in [3.05, 3.63) is 51.6 Å².